The van der Waals surface area contributed by atoms with E-state index in [1.54, 1.807) is 4.90 Å². The molecule has 1 aromatic rings. The summed E-state index contributed by atoms with van der Waals surface area (Å²) in [7, 11) is 0. The Kier molecular flexibility index (Phi) is 5.93. The molecule has 1 spiro atoms. The van der Waals surface area contributed by atoms with Crippen molar-refractivity contribution in [2.24, 2.45) is 0 Å². The Morgan fingerprint density at radius 3 is 2.28 bits per heavy atom. The van der Waals surface area contributed by atoms with Gasteiger partial charge in [0, 0.05) is 31.2 Å². The molecule has 4 aliphatic rings. The van der Waals surface area contributed by atoms with Gasteiger partial charge >= 0.3 is 6.03 Å². The summed E-state index contributed by atoms with van der Waals surface area (Å²) >= 11 is 0. The first-order valence-corrected chi connectivity index (χ1v) is 12.3. The van der Waals surface area contributed by atoms with Crippen LogP contribution in [0.15, 0.2) is 30.3 Å². The average molecular weight is 439 g/mol. The van der Waals surface area contributed by atoms with Crippen molar-refractivity contribution >= 4 is 17.8 Å². The summed E-state index contributed by atoms with van der Waals surface area (Å²) in [5, 5.41) is 3.04. The number of amides is 4. The van der Waals surface area contributed by atoms with Gasteiger partial charge in [-0.15, -0.1) is 0 Å². The van der Waals surface area contributed by atoms with Gasteiger partial charge in [0.05, 0.1) is 6.04 Å². The molecule has 1 saturated carbocycles. The molecule has 1 aliphatic carbocycles. The Hall–Kier alpha value is -2.41. The first kappa shape index (κ1) is 21.4. The van der Waals surface area contributed by atoms with E-state index in [0.29, 0.717) is 37.5 Å². The zero-order chi connectivity index (χ0) is 22.1. The molecule has 3 aliphatic heterocycles. The van der Waals surface area contributed by atoms with E-state index in [9.17, 15) is 14.4 Å². The van der Waals surface area contributed by atoms with Crippen LogP contribution in [0.5, 0.6) is 0 Å². The van der Waals surface area contributed by atoms with Gasteiger partial charge in [-0.05, 0) is 57.2 Å². The Morgan fingerprint density at radius 2 is 1.56 bits per heavy atom. The number of carbonyl (C=O) groups excluding carboxylic acids is 3. The molecule has 3 saturated heterocycles. The number of nitrogens with one attached hydrogen (secondary N) is 1. The highest BCUT2D eigenvalue weighted by Crippen LogP contribution is 2.34. The molecule has 1 atom stereocenters. The summed E-state index contributed by atoms with van der Waals surface area (Å²) in [5.74, 6) is -0.0886. The van der Waals surface area contributed by atoms with Crippen molar-refractivity contribution in [3.8, 4) is 0 Å². The maximum atomic E-state index is 13.5. The third kappa shape index (κ3) is 3.91. The van der Waals surface area contributed by atoms with Crippen molar-refractivity contribution < 1.29 is 14.4 Å². The highest BCUT2D eigenvalue weighted by molar-refractivity contribution is 6.07. The van der Waals surface area contributed by atoms with Crippen LogP contribution in [0.1, 0.15) is 68.1 Å². The lowest BCUT2D eigenvalue weighted by atomic mass is 9.86. The summed E-state index contributed by atoms with van der Waals surface area (Å²) in [4.78, 5) is 45.2. The van der Waals surface area contributed by atoms with Crippen molar-refractivity contribution in [2.75, 3.05) is 26.2 Å². The number of nitrogens with zero attached hydrogens (tertiary/aromatic N) is 3. The van der Waals surface area contributed by atoms with Crippen molar-refractivity contribution in [1.82, 2.24) is 20.0 Å². The van der Waals surface area contributed by atoms with Crippen molar-refractivity contribution in [3.63, 3.8) is 0 Å². The quantitative estimate of drug-likeness (QED) is 0.737. The fourth-order valence-corrected chi connectivity index (χ4v) is 6.14. The SMILES string of the molecule is O=C(c1ccccc1)N1CCC2(CC1)NC(=O)N([C@@H]1CCCN(C3CCCCC3)C1)C2=O. The van der Waals surface area contributed by atoms with E-state index in [1.165, 1.54) is 37.0 Å². The van der Waals surface area contributed by atoms with Gasteiger partial charge in [-0.3, -0.25) is 19.4 Å². The lowest BCUT2D eigenvalue weighted by Gasteiger charge is -2.42. The Morgan fingerprint density at radius 1 is 0.875 bits per heavy atom. The number of carbonyl (C=O) groups is 3. The standard InChI is InChI=1S/C25H34N4O3/c30-22(19-8-3-1-4-9-19)27-16-13-25(14-17-27)23(31)29(24(32)26-25)21-12-7-15-28(18-21)20-10-5-2-6-11-20/h1,3-4,8-9,20-21H,2,5-7,10-18H2,(H,26,32)/t21-/m1/s1. The van der Waals surface area contributed by atoms with E-state index < -0.39 is 5.54 Å². The molecule has 32 heavy (non-hydrogen) atoms. The number of hydrogen-bond acceptors (Lipinski definition) is 4. The number of piperidine rings is 2. The van der Waals surface area contributed by atoms with Crippen LogP contribution in [0.3, 0.4) is 0 Å². The number of likely N-dealkylation sites (tertiary alicyclic amines) is 2. The van der Waals surface area contributed by atoms with Crippen molar-refractivity contribution in [3.05, 3.63) is 35.9 Å². The summed E-state index contributed by atoms with van der Waals surface area (Å²) in [6.45, 7) is 2.84. The van der Waals surface area contributed by atoms with E-state index in [4.69, 9.17) is 0 Å². The highest BCUT2D eigenvalue weighted by Gasteiger charge is 2.55. The van der Waals surface area contributed by atoms with Gasteiger partial charge in [-0.2, -0.15) is 0 Å². The van der Waals surface area contributed by atoms with Gasteiger partial charge in [-0.1, -0.05) is 37.5 Å². The van der Waals surface area contributed by atoms with Crippen LogP contribution in [0.4, 0.5) is 4.79 Å². The van der Waals surface area contributed by atoms with Crippen LogP contribution in [0, 0.1) is 0 Å². The summed E-state index contributed by atoms with van der Waals surface area (Å²) in [5.41, 5.74) is -0.186. The normalized spacial score (nSPS) is 27.1. The molecule has 0 unspecified atom stereocenters. The van der Waals surface area contributed by atoms with Crippen LogP contribution in [0.2, 0.25) is 0 Å². The largest absolute Gasteiger partial charge is 0.338 e. The molecule has 1 N–H and O–H groups in total. The molecular formula is C25H34N4O3. The number of urea groups is 1. The van der Waals surface area contributed by atoms with Crippen LogP contribution >= 0.6 is 0 Å². The minimum absolute atomic E-state index is 0.00974. The Labute approximate surface area is 190 Å². The minimum atomic E-state index is -0.850. The zero-order valence-electron chi connectivity index (χ0n) is 18.8. The molecule has 4 fully saturated rings. The zero-order valence-corrected chi connectivity index (χ0v) is 18.8. The second kappa shape index (κ2) is 8.85. The lowest BCUT2D eigenvalue weighted by molar-refractivity contribution is -0.135. The minimum Gasteiger partial charge on any atom is -0.338 e. The van der Waals surface area contributed by atoms with Crippen LogP contribution in [-0.4, -0.2) is 76.3 Å². The third-order valence-electron chi connectivity index (χ3n) is 8.00. The molecule has 1 aromatic carbocycles. The van der Waals surface area contributed by atoms with Gasteiger partial charge in [0.15, 0.2) is 0 Å². The number of rotatable bonds is 3. The number of hydrogen-bond donors (Lipinski definition) is 1. The summed E-state index contributed by atoms with van der Waals surface area (Å²) in [6.07, 6.45) is 9.25. The first-order chi connectivity index (χ1) is 15.6. The maximum absolute atomic E-state index is 13.5. The second-order valence-corrected chi connectivity index (χ2v) is 9.93. The monoisotopic (exact) mass is 438 g/mol. The molecule has 0 bridgehead atoms. The van der Waals surface area contributed by atoms with E-state index in [2.05, 4.69) is 10.2 Å². The molecule has 0 aromatic heterocycles. The molecule has 0 radical (unpaired) electrons. The van der Waals surface area contributed by atoms with Gasteiger partial charge in [0.1, 0.15) is 5.54 Å². The van der Waals surface area contributed by atoms with Gasteiger partial charge in [-0.25, -0.2) is 4.79 Å². The predicted molar refractivity (Wildman–Crippen MR) is 121 cm³/mol. The first-order valence-electron chi connectivity index (χ1n) is 12.3. The Bertz CT molecular complexity index is 859. The van der Waals surface area contributed by atoms with E-state index >= 15 is 0 Å². The highest BCUT2D eigenvalue weighted by atomic mass is 16.2. The third-order valence-corrected chi connectivity index (χ3v) is 8.00. The van der Waals surface area contributed by atoms with E-state index in [0.717, 1.165) is 25.9 Å². The molecule has 4 amide bonds. The average Bonchev–Trinajstić information content (AvgIpc) is 3.09. The number of benzene rings is 1. The predicted octanol–water partition coefficient (Wildman–Crippen LogP) is 3.01. The summed E-state index contributed by atoms with van der Waals surface area (Å²) in [6, 6.07) is 9.57. The smallest absolute Gasteiger partial charge is 0.325 e. The molecule has 172 valence electrons. The molecular weight excluding hydrogens is 404 g/mol. The number of imide groups is 1. The fourth-order valence-electron chi connectivity index (χ4n) is 6.14. The molecule has 7 nitrogen and oxygen atoms in total. The van der Waals surface area contributed by atoms with E-state index in [-0.39, 0.29) is 23.9 Å². The van der Waals surface area contributed by atoms with Crippen LogP contribution in [0.25, 0.3) is 0 Å². The topological polar surface area (TPSA) is 73.0 Å². The maximum Gasteiger partial charge on any atom is 0.325 e. The van der Waals surface area contributed by atoms with Crippen molar-refractivity contribution in [1.29, 1.82) is 0 Å². The second-order valence-electron chi connectivity index (χ2n) is 9.93. The Balaban J connectivity index is 1.24. The van der Waals surface area contributed by atoms with Crippen molar-refractivity contribution in [2.45, 2.75) is 75.4 Å². The van der Waals surface area contributed by atoms with Gasteiger partial charge in [0.25, 0.3) is 11.8 Å². The molecule has 3 heterocycles. The lowest BCUT2D eigenvalue weighted by Crippen LogP contribution is -2.57. The molecule has 5 rings (SSSR count). The van der Waals surface area contributed by atoms with Gasteiger partial charge < -0.3 is 10.2 Å². The fraction of sp³-hybridized carbons (Fsp3) is 0.640. The van der Waals surface area contributed by atoms with Crippen LogP contribution in [-0.2, 0) is 4.79 Å². The van der Waals surface area contributed by atoms with E-state index in [1.807, 2.05) is 30.3 Å². The van der Waals surface area contributed by atoms with Gasteiger partial charge in [0.2, 0.25) is 0 Å². The van der Waals surface area contributed by atoms with Crippen LogP contribution < -0.4 is 5.32 Å². The summed E-state index contributed by atoms with van der Waals surface area (Å²) < 4.78 is 0. The molecule has 7 heteroatoms.